The van der Waals surface area contributed by atoms with Crippen LogP contribution in [0.15, 0.2) is 85.4 Å². The van der Waals surface area contributed by atoms with Crippen LogP contribution in [-0.4, -0.2) is 62.3 Å². The van der Waals surface area contributed by atoms with Gasteiger partial charge in [0.05, 0.1) is 11.4 Å². The summed E-state index contributed by atoms with van der Waals surface area (Å²) in [6, 6.07) is 18.6. The van der Waals surface area contributed by atoms with Gasteiger partial charge in [-0.25, -0.2) is 14.6 Å². The summed E-state index contributed by atoms with van der Waals surface area (Å²) in [5.74, 6) is 2.00. The number of likely N-dealkylation sites (tertiary alicyclic amines) is 1. The molecule has 41 heavy (non-hydrogen) atoms. The molecular weight excluding hydrogens is 510 g/mol. The summed E-state index contributed by atoms with van der Waals surface area (Å²) in [6.45, 7) is 7.17. The van der Waals surface area contributed by atoms with Gasteiger partial charge in [-0.3, -0.25) is 4.90 Å². The van der Waals surface area contributed by atoms with Gasteiger partial charge >= 0.3 is 0 Å². The minimum atomic E-state index is 0.154. The Kier molecular flexibility index (Phi) is 8.00. The smallest absolute Gasteiger partial charge is 0.164 e. The number of nitrogens with two attached hydrogens (primary N) is 1. The zero-order chi connectivity index (χ0) is 28.2. The second-order valence-corrected chi connectivity index (χ2v) is 11.2. The number of allylic oxidation sites excluding steroid dienone is 1. The number of para-hydroxylation sites is 1. The maximum Gasteiger partial charge on any atom is 0.164 e. The van der Waals surface area contributed by atoms with E-state index >= 15 is 0 Å². The third-order valence-corrected chi connectivity index (χ3v) is 8.43. The molecule has 4 aromatic rings. The number of rotatable bonds is 9. The van der Waals surface area contributed by atoms with Crippen molar-refractivity contribution < 1.29 is 4.74 Å². The van der Waals surface area contributed by atoms with Crippen molar-refractivity contribution in [3.05, 3.63) is 85.4 Å². The van der Waals surface area contributed by atoms with Gasteiger partial charge in [-0.05, 0) is 75.2 Å². The van der Waals surface area contributed by atoms with Gasteiger partial charge in [0, 0.05) is 36.9 Å². The van der Waals surface area contributed by atoms with Gasteiger partial charge in [-0.15, -0.1) is 0 Å². The number of piperidine rings is 1. The average molecular weight is 550 g/mol. The Balaban J connectivity index is 1.20. The number of aromatic nitrogens is 4. The standard InChI is InChI=1S/C33H39N7O/c1-24(10-8-20-38(2)26-11-6-7-12-26)39-21-9-13-27(22-39)40-33-30(32(34)35-23-36-33)31(37-40)25-16-18-29(19-17-25)41-28-14-4-3-5-15-28/h3-5,8,10,14-19,23,26-27H,1,6-7,9,11-13,20-22H2,2H3,(H2,34,35,36)/b10-8+/t27-/m1/s1. The highest BCUT2D eigenvalue weighted by atomic mass is 16.5. The maximum atomic E-state index is 6.40. The van der Waals surface area contributed by atoms with Crippen molar-refractivity contribution in [2.24, 2.45) is 0 Å². The number of nitrogen functional groups attached to an aromatic ring is 1. The summed E-state index contributed by atoms with van der Waals surface area (Å²) in [7, 11) is 2.23. The monoisotopic (exact) mass is 549 g/mol. The fraction of sp³-hybridized carbons (Fsp3) is 0.364. The molecule has 0 bridgehead atoms. The first-order valence-corrected chi connectivity index (χ1v) is 14.7. The van der Waals surface area contributed by atoms with Crippen LogP contribution in [0.1, 0.15) is 44.6 Å². The fourth-order valence-corrected chi connectivity index (χ4v) is 6.13. The molecule has 8 nitrogen and oxygen atoms in total. The first-order valence-electron chi connectivity index (χ1n) is 14.7. The zero-order valence-corrected chi connectivity index (χ0v) is 23.8. The van der Waals surface area contributed by atoms with Gasteiger partial charge in [0.2, 0.25) is 0 Å². The molecule has 2 N–H and O–H groups in total. The summed E-state index contributed by atoms with van der Waals surface area (Å²) >= 11 is 0. The number of ether oxygens (including phenoxy) is 1. The van der Waals surface area contributed by atoms with E-state index in [0.29, 0.717) is 5.82 Å². The molecule has 212 valence electrons. The lowest BCUT2D eigenvalue weighted by Crippen LogP contribution is -2.36. The van der Waals surface area contributed by atoms with Crippen LogP contribution in [0.2, 0.25) is 0 Å². The van der Waals surface area contributed by atoms with Crippen LogP contribution < -0.4 is 10.5 Å². The van der Waals surface area contributed by atoms with Crippen LogP contribution in [0.4, 0.5) is 5.82 Å². The van der Waals surface area contributed by atoms with Crippen LogP contribution in [0.3, 0.4) is 0 Å². The van der Waals surface area contributed by atoms with E-state index in [1.165, 1.54) is 32.0 Å². The average Bonchev–Trinajstić information content (AvgIpc) is 3.68. The van der Waals surface area contributed by atoms with E-state index < -0.39 is 0 Å². The van der Waals surface area contributed by atoms with Crippen molar-refractivity contribution in [3.8, 4) is 22.8 Å². The summed E-state index contributed by atoms with van der Waals surface area (Å²) in [5, 5.41) is 5.88. The largest absolute Gasteiger partial charge is 0.457 e. The Morgan fingerprint density at radius 1 is 1.02 bits per heavy atom. The van der Waals surface area contributed by atoms with Crippen molar-refractivity contribution in [2.75, 3.05) is 32.4 Å². The van der Waals surface area contributed by atoms with Gasteiger partial charge in [-0.2, -0.15) is 5.10 Å². The molecule has 2 aliphatic rings. The predicted molar refractivity (Wildman–Crippen MR) is 165 cm³/mol. The van der Waals surface area contributed by atoms with Gasteiger partial charge in [0.15, 0.2) is 5.65 Å². The van der Waals surface area contributed by atoms with E-state index in [4.69, 9.17) is 15.6 Å². The second kappa shape index (κ2) is 12.1. The summed E-state index contributed by atoms with van der Waals surface area (Å²) < 4.78 is 8.03. The highest BCUT2D eigenvalue weighted by molar-refractivity contribution is 5.98. The number of hydrogen-bond donors (Lipinski definition) is 1. The van der Waals surface area contributed by atoms with Gasteiger partial charge in [0.1, 0.15) is 29.3 Å². The van der Waals surface area contributed by atoms with Crippen LogP contribution in [0.25, 0.3) is 22.3 Å². The molecule has 0 spiro atoms. The minimum Gasteiger partial charge on any atom is -0.457 e. The van der Waals surface area contributed by atoms with E-state index in [0.717, 1.165) is 78.0 Å². The molecule has 6 rings (SSSR count). The topological polar surface area (TPSA) is 85.3 Å². The molecule has 2 aromatic carbocycles. The molecule has 2 fully saturated rings. The van der Waals surface area contributed by atoms with E-state index in [1.807, 2.05) is 59.3 Å². The Bertz CT molecular complexity index is 1510. The molecule has 0 amide bonds. The van der Waals surface area contributed by atoms with Crippen LogP contribution >= 0.6 is 0 Å². The van der Waals surface area contributed by atoms with E-state index in [-0.39, 0.29) is 6.04 Å². The van der Waals surface area contributed by atoms with Crippen molar-refractivity contribution in [1.29, 1.82) is 0 Å². The number of hydrogen-bond acceptors (Lipinski definition) is 7. The quantitative estimate of drug-likeness (QED) is 0.240. The van der Waals surface area contributed by atoms with Crippen LogP contribution in [-0.2, 0) is 0 Å². The van der Waals surface area contributed by atoms with Gasteiger partial charge < -0.3 is 15.4 Å². The van der Waals surface area contributed by atoms with E-state index in [9.17, 15) is 0 Å². The zero-order valence-electron chi connectivity index (χ0n) is 23.8. The van der Waals surface area contributed by atoms with E-state index in [1.54, 1.807) is 0 Å². The van der Waals surface area contributed by atoms with E-state index in [2.05, 4.69) is 45.5 Å². The molecule has 0 unspecified atom stereocenters. The molecule has 1 aliphatic heterocycles. The van der Waals surface area contributed by atoms with Crippen LogP contribution in [0, 0.1) is 0 Å². The molecule has 3 heterocycles. The first-order chi connectivity index (χ1) is 20.1. The summed E-state index contributed by atoms with van der Waals surface area (Å²) in [4.78, 5) is 13.8. The Morgan fingerprint density at radius 2 is 1.78 bits per heavy atom. The number of fused-ring (bicyclic) bond motifs is 1. The first kappa shape index (κ1) is 27.0. The molecule has 8 heteroatoms. The number of benzene rings is 2. The molecule has 0 radical (unpaired) electrons. The predicted octanol–water partition coefficient (Wildman–Crippen LogP) is 6.45. The lowest BCUT2D eigenvalue weighted by Gasteiger charge is -2.35. The molecule has 1 saturated carbocycles. The maximum absolute atomic E-state index is 6.40. The van der Waals surface area contributed by atoms with Crippen molar-refractivity contribution in [2.45, 2.75) is 50.6 Å². The third-order valence-electron chi connectivity index (χ3n) is 8.43. The van der Waals surface area contributed by atoms with Gasteiger partial charge in [-0.1, -0.05) is 43.7 Å². The molecular formula is C33H39N7O. The summed E-state index contributed by atoms with van der Waals surface area (Å²) in [6.07, 6.45) is 13.4. The second-order valence-electron chi connectivity index (χ2n) is 11.2. The lowest BCUT2D eigenvalue weighted by atomic mass is 10.1. The summed E-state index contributed by atoms with van der Waals surface area (Å²) in [5.41, 5.74) is 9.95. The molecule has 1 saturated heterocycles. The highest BCUT2D eigenvalue weighted by Crippen LogP contribution is 2.35. The number of anilines is 1. The van der Waals surface area contributed by atoms with Gasteiger partial charge in [0.25, 0.3) is 0 Å². The fourth-order valence-electron chi connectivity index (χ4n) is 6.13. The lowest BCUT2D eigenvalue weighted by molar-refractivity contribution is 0.217. The SMILES string of the molecule is C=C(/C=C/CN(C)C1CCCC1)N1CCC[C@@H](n2nc(-c3ccc(Oc4ccccc4)cc3)c3c(N)ncnc32)C1. The number of nitrogens with zero attached hydrogens (tertiary/aromatic N) is 6. The van der Waals surface area contributed by atoms with Crippen molar-refractivity contribution >= 4 is 16.9 Å². The highest BCUT2D eigenvalue weighted by Gasteiger charge is 2.27. The van der Waals surface area contributed by atoms with Crippen LogP contribution in [0.5, 0.6) is 11.5 Å². The van der Waals surface area contributed by atoms with Crippen molar-refractivity contribution in [1.82, 2.24) is 29.5 Å². The minimum absolute atomic E-state index is 0.154. The number of likely N-dealkylation sites (N-methyl/N-ethyl adjacent to an activating group) is 1. The molecule has 2 aromatic heterocycles. The Hall–Kier alpha value is -4.17. The third kappa shape index (κ3) is 5.98. The molecule has 1 aliphatic carbocycles. The Labute approximate surface area is 242 Å². The molecule has 1 atom stereocenters. The Morgan fingerprint density at radius 3 is 2.56 bits per heavy atom. The van der Waals surface area contributed by atoms with Crippen molar-refractivity contribution in [3.63, 3.8) is 0 Å². The normalized spacial score (nSPS) is 18.1.